The van der Waals surface area contributed by atoms with Crippen molar-refractivity contribution < 1.29 is 23.7 Å². The molecule has 3 rings (SSSR count). The van der Waals surface area contributed by atoms with Crippen LogP contribution in [0, 0.1) is 10.1 Å². The van der Waals surface area contributed by atoms with Gasteiger partial charge in [0.2, 0.25) is 11.6 Å². The highest BCUT2D eigenvalue weighted by Gasteiger charge is 2.37. The van der Waals surface area contributed by atoms with Crippen LogP contribution in [0.1, 0.15) is 6.92 Å². The normalized spacial score (nSPS) is 12.2. The summed E-state index contributed by atoms with van der Waals surface area (Å²) in [5.41, 5.74) is 0.277. The second kappa shape index (κ2) is 3.61. The molecule has 0 atom stereocenters. The molecule has 0 saturated carbocycles. The van der Waals surface area contributed by atoms with Crippen molar-refractivity contribution >= 4 is 34.2 Å². The molecule has 0 unspecified atom stereocenters. The third kappa shape index (κ3) is 1.43. The number of methoxy groups -OCH3 is 1. The van der Waals surface area contributed by atoms with E-state index in [1.165, 1.54) is 26.2 Å². The molecular formula is C11H8N2O6. The van der Waals surface area contributed by atoms with Gasteiger partial charge in [-0.05, 0) is 0 Å². The van der Waals surface area contributed by atoms with E-state index < -0.39 is 10.9 Å². The molecule has 1 aliphatic rings. The molecule has 0 aliphatic carbocycles. The molecule has 1 aliphatic heterocycles. The number of carbonyl (C=O) groups excluding carboxylic acids is 1. The van der Waals surface area contributed by atoms with Crippen LogP contribution in [-0.4, -0.2) is 18.0 Å². The molecule has 0 radical (unpaired) electrons. The largest absolute Gasteiger partial charge is 0.490 e. The standard InChI is InChI=1S/C11H8N2O6/c1-5(14)19-12-7-4-8-6(3-9(12)18-8)11(17-2)10(7)13(15)16/h3-4H,1-2H3. The van der Waals surface area contributed by atoms with Crippen LogP contribution in [-0.2, 0) is 9.63 Å². The van der Waals surface area contributed by atoms with Crippen LogP contribution in [0.15, 0.2) is 16.5 Å². The van der Waals surface area contributed by atoms with Crippen molar-refractivity contribution in [2.45, 2.75) is 6.92 Å². The Kier molecular flexibility index (Phi) is 2.15. The summed E-state index contributed by atoms with van der Waals surface area (Å²) in [4.78, 5) is 26.6. The molecule has 19 heavy (non-hydrogen) atoms. The molecule has 0 spiro atoms. The van der Waals surface area contributed by atoms with Crippen molar-refractivity contribution in [3.8, 4) is 5.75 Å². The zero-order valence-corrected chi connectivity index (χ0v) is 10.00. The Morgan fingerprint density at radius 1 is 1.47 bits per heavy atom. The summed E-state index contributed by atoms with van der Waals surface area (Å²) in [7, 11) is 1.33. The van der Waals surface area contributed by atoms with E-state index in [0.717, 1.165) is 5.06 Å². The van der Waals surface area contributed by atoms with Gasteiger partial charge in [-0.2, -0.15) is 0 Å². The zero-order chi connectivity index (χ0) is 13.7. The number of nitro groups is 1. The molecule has 0 amide bonds. The van der Waals surface area contributed by atoms with Crippen molar-refractivity contribution in [2.75, 3.05) is 12.2 Å². The number of hydrogen-bond donors (Lipinski definition) is 0. The fourth-order valence-corrected chi connectivity index (χ4v) is 2.09. The van der Waals surface area contributed by atoms with Gasteiger partial charge in [-0.1, -0.05) is 0 Å². The van der Waals surface area contributed by atoms with Gasteiger partial charge in [0, 0.05) is 19.1 Å². The van der Waals surface area contributed by atoms with Gasteiger partial charge in [0.25, 0.3) is 0 Å². The van der Waals surface area contributed by atoms with Crippen LogP contribution >= 0.6 is 0 Å². The highest BCUT2D eigenvalue weighted by Crippen LogP contribution is 2.51. The molecule has 2 heterocycles. The third-order valence-corrected chi connectivity index (χ3v) is 2.74. The lowest BCUT2D eigenvalue weighted by molar-refractivity contribution is -0.385. The number of fused-ring (bicyclic) bond motifs is 2. The summed E-state index contributed by atoms with van der Waals surface area (Å²) in [5.74, 6) is -0.331. The number of rotatable bonds is 3. The molecule has 98 valence electrons. The second-order valence-electron chi connectivity index (χ2n) is 3.91. The Morgan fingerprint density at radius 2 is 2.21 bits per heavy atom. The third-order valence-electron chi connectivity index (χ3n) is 2.74. The van der Waals surface area contributed by atoms with Crippen molar-refractivity contribution in [1.82, 2.24) is 0 Å². The van der Waals surface area contributed by atoms with Crippen molar-refractivity contribution in [3.63, 3.8) is 0 Å². The quantitative estimate of drug-likeness (QED) is 0.619. The Hall–Kier alpha value is -2.77. The average Bonchev–Trinajstić information content (AvgIpc) is 2.65. The van der Waals surface area contributed by atoms with Crippen LogP contribution in [0.2, 0.25) is 0 Å². The molecule has 8 heteroatoms. The molecule has 1 aromatic carbocycles. The first-order chi connectivity index (χ1) is 9.02. The lowest BCUT2D eigenvalue weighted by atomic mass is 10.2. The number of anilines is 2. The lowest BCUT2D eigenvalue weighted by Crippen LogP contribution is -2.21. The number of ether oxygens (including phenoxy) is 1. The van der Waals surface area contributed by atoms with E-state index >= 15 is 0 Å². The first-order valence-electron chi connectivity index (χ1n) is 5.30. The van der Waals surface area contributed by atoms with Crippen molar-refractivity contribution in [3.05, 3.63) is 22.2 Å². The zero-order valence-electron chi connectivity index (χ0n) is 10.00. The lowest BCUT2D eigenvalue weighted by Gasteiger charge is -2.20. The Morgan fingerprint density at radius 3 is 2.79 bits per heavy atom. The van der Waals surface area contributed by atoms with E-state index in [1.807, 2.05) is 0 Å². The summed E-state index contributed by atoms with van der Waals surface area (Å²) in [6, 6.07) is 2.96. The predicted octanol–water partition coefficient (Wildman–Crippen LogP) is 2.28. The summed E-state index contributed by atoms with van der Waals surface area (Å²) >= 11 is 0. The number of nitrogens with zero attached hydrogens (tertiary/aromatic N) is 2. The number of nitro benzene ring substituents is 1. The van der Waals surface area contributed by atoms with Gasteiger partial charge in [0.1, 0.15) is 5.58 Å². The molecule has 2 aromatic rings. The van der Waals surface area contributed by atoms with Crippen LogP contribution < -0.4 is 9.80 Å². The Balaban J connectivity index is 2.31. The number of benzene rings is 1. The summed E-state index contributed by atoms with van der Waals surface area (Å²) in [6.07, 6.45) is 0. The van der Waals surface area contributed by atoms with E-state index in [4.69, 9.17) is 14.0 Å². The first-order valence-corrected chi connectivity index (χ1v) is 5.30. The van der Waals surface area contributed by atoms with Gasteiger partial charge in [-0.3, -0.25) is 10.1 Å². The fourth-order valence-electron chi connectivity index (χ4n) is 2.09. The monoisotopic (exact) mass is 264 g/mol. The molecule has 1 aromatic heterocycles. The number of furan rings is 1. The van der Waals surface area contributed by atoms with Crippen LogP contribution in [0.4, 0.5) is 17.3 Å². The highest BCUT2D eigenvalue weighted by molar-refractivity contribution is 6.00. The van der Waals surface area contributed by atoms with Gasteiger partial charge in [0.05, 0.1) is 17.4 Å². The molecule has 0 saturated heterocycles. The molecule has 8 nitrogen and oxygen atoms in total. The van der Waals surface area contributed by atoms with E-state index in [9.17, 15) is 14.9 Å². The Bertz CT molecular complexity index is 720. The highest BCUT2D eigenvalue weighted by atomic mass is 16.7. The van der Waals surface area contributed by atoms with Gasteiger partial charge >= 0.3 is 11.7 Å². The minimum atomic E-state index is -0.615. The van der Waals surface area contributed by atoms with Crippen LogP contribution in [0.5, 0.6) is 5.75 Å². The summed E-state index contributed by atoms with van der Waals surface area (Å²) in [5, 5.41) is 12.6. The Labute approximate surface area is 106 Å². The van der Waals surface area contributed by atoms with E-state index in [0.29, 0.717) is 11.0 Å². The topological polar surface area (TPSA) is 95.1 Å². The average molecular weight is 264 g/mol. The van der Waals surface area contributed by atoms with Crippen LogP contribution in [0.25, 0.3) is 11.0 Å². The number of hydrogen-bond acceptors (Lipinski definition) is 7. The van der Waals surface area contributed by atoms with Gasteiger partial charge in [-0.15, -0.1) is 5.06 Å². The molecular weight excluding hydrogens is 256 g/mol. The summed E-state index contributed by atoms with van der Waals surface area (Å²) < 4.78 is 10.5. The first kappa shape index (κ1) is 11.3. The van der Waals surface area contributed by atoms with E-state index in [2.05, 4.69) is 0 Å². The van der Waals surface area contributed by atoms with Crippen LogP contribution in [0.3, 0.4) is 0 Å². The molecule has 3 bridgehead atoms. The minimum absolute atomic E-state index is 0.0853. The SMILES string of the molecule is COc1c([N+](=O)[O-])c2cc3oc(cc13)N2OC(C)=O. The van der Waals surface area contributed by atoms with E-state index in [1.54, 1.807) is 0 Å². The minimum Gasteiger partial charge on any atom is -0.490 e. The molecule has 0 N–H and O–H groups in total. The second-order valence-corrected chi connectivity index (χ2v) is 3.91. The van der Waals surface area contributed by atoms with Gasteiger partial charge in [-0.25, -0.2) is 4.79 Å². The molecule has 0 fully saturated rings. The summed E-state index contributed by atoms with van der Waals surface area (Å²) in [6.45, 7) is 1.20. The van der Waals surface area contributed by atoms with Gasteiger partial charge < -0.3 is 14.0 Å². The fraction of sp³-hybridized carbons (Fsp3) is 0.182. The maximum absolute atomic E-state index is 11.2. The number of carbonyl (C=O) groups is 1. The smallest absolute Gasteiger partial charge is 0.338 e. The van der Waals surface area contributed by atoms with E-state index in [-0.39, 0.29) is 23.0 Å². The van der Waals surface area contributed by atoms with Crippen molar-refractivity contribution in [1.29, 1.82) is 0 Å². The van der Waals surface area contributed by atoms with Gasteiger partial charge in [0.15, 0.2) is 5.69 Å². The van der Waals surface area contributed by atoms with Crippen molar-refractivity contribution in [2.24, 2.45) is 0 Å². The predicted molar refractivity (Wildman–Crippen MR) is 63.3 cm³/mol. The maximum Gasteiger partial charge on any atom is 0.338 e. The maximum atomic E-state index is 11.2.